The van der Waals surface area contributed by atoms with Gasteiger partial charge in [-0.1, -0.05) is 60.1 Å². The lowest BCUT2D eigenvalue weighted by Gasteiger charge is -2.10. The summed E-state index contributed by atoms with van der Waals surface area (Å²) in [5, 5.41) is 6.20. The van der Waals surface area contributed by atoms with Gasteiger partial charge >= 0.3 is 5.97 Å². The third kappa shape index (κ3) is 5.96. The monoisotopic (exact) mass is 488 g/mol. The molecule has 0 aromatic heterocycles. The number of hydrogen-bond donors (Lipinski definition) is 1. The highest BCUT2D eigenvalue weighted by molar-refractivity contribution is 6.33. The maximum atomic E-state index is 12.4. The summed E-state index contributed by atoms with van der Waals surface area (Å²) in [5.74, 6) is 0.149. The van der Waals surface area contributed by atoms with Crippen molar-refractivity contribution >= 4 is 40.5 Å². The van der Waals surface area contributed by atoms with Gasteiger partial charge in [0.2, 0.25) is 0 Å². The minimum absolute atomic E-state index is 0.189. The maximum Gasteiger partial charge on any atom is 0.345 e. The highest BCUT2D eigenvalue weighted by atomic mass is 35.5. The van der Waals surface area contributed by atoms with Gasteiger partial charge in [-0.2, -0.15) is 5.10 Å². The van der Waals surface area contributed by atoms with Gasteiger partial charge in [-0.3, -0.25) is 4.79 Å². The van der Waals surface area contributed by atoms with Gasteiger partial charge in [0, 0.05) is 5.39 Å². The van der Waals surface area contributed by atoms with E-state index in [0.717, 1.165) is 10.8 Å². The Hall–Kier alpha value is -4.36. The van der Waals surface area contributed by atoms with Crippen LogP contribution in [0.1, 0.15) is 15.9 Å². The Balaban J connectivity index is 1.35. The normalized spacial score (nSPS) is 10.8. The molecular formula is C27H21ClN2O5. The van der Waals surface area contributed by atoms with Gasteiger partial charge in [0.05, 0.1) is 23.9 Å². The Morgan fingerprint density at radius 1 is 0.914 bits per heavy atom. The number of fused-ring (bicyclic) bond motifs is 1. The molecule has 0 aliphatic heterocycles. The fourth-order valence-electron chi connectivity index (χ4n) is 3.31. The zero-order valence-corrected chi connectivity index (χ0v) is 19.5. The molecule has 0 saturated carbocycles. The maximum absolute atomic E-state index is 12.4. The van der Waals surface area contributed by atoms with Crippen molar-refractivity contribution in [2.24, 2.45) is 5.10 Å². The van der Waals surface area contributed by atoms with E-state index in [1.165, 1.54) is 13.3 Å². The fraction of sp³-hybridized carbons (Fsp3) is 0.0741. The zero-order valence-electron chi connectivity index (χ0n) is 18.7. The largest absolute Gasteiger partial charge is 0.493 e. The van der Waals surface area contributed by atoms with Crippen molar-refractivity contribution in [3.05, 3.63) is 101 Å². The first-order valence-electron chi connectivity index (χ1n) is 10.6. The van der Waals surface area contributed by atoms with Gasteiger partial charge in [0.15, 0.2) is 18.1 Å². The Kier molecular flexibility index (Phi) is 7.60. The van der Waals surface area contributed by atoms with Crippen molar-refractivity contribution in [1.29, 1.82) is 0 Å². The highest BCUT2D eigenvalue weighted by Gasteiger charge is 2.15. The molecule has 0 heterocycles. The fourth-order valence-corrected chi connectivity index (χ4v) is 3.52. The van der Waals surface area contributed by atoms with Crippen LogP contribution in [0, 0.1) is 0 Å². The zero-order chi connectivity index (χ0) is 24.6. The quantitative estimate of drug-likeness (QED) is 0.158. The van der Waals surface area contributed by atoms with Crippen LogP contribution in [0.4, 0.5) is 0 Å². The van der Waals surface area contributed by atoms with E-state index in [-0.39, 0.29) is 17.9 Å². The summed E-state index contributed by atoms with van der Waals surface area (Å²) in [4.78, 5) is 24.6. The number of benzene rings is 4. The Labute approximate surface area is 206 Å². The number of carbonyl (C=O) groups excluding carboxylic acids is 2. The third-order valence-corrected chi connectivity index (χ3v) is 5.32. The molecule has 7 nitrogen and oxygen atoms in total. The van der Waals surface area contributed by atoms with E-state index >= 15 is 0 Å². The number of esters is 1. The average Bonchev–Trinajstić information content (AvgIpc) is 2.88. The molecule has 4 aromatic carbocycles. The summed E-state index contributed by atoms with van der Waals surface area (Å²) >= 11 is 6.06. The number of methoxy groups -OCH3 is 1. The Morgan fingerprint density at radius 2 is 1.69 bits per heavy atom. The van der Waals surface area contributed by atoms with E-state index < -0.39 is 11.9 Å². The van der Waals surface area contributed by atoms with Gasteiger partial charge in [-0.15, -0.1) is 0 Å². The molecule has 0 bridgehead atoms. The summed E-state index contributed by atoms with van der Waals surface area (Å²) in [7, 11) is 1.45. The van der Waals surface area contributed by atoms with Crippen LogP contribution in [0.5, 0.6) is 17.2 Å². The lowest BCUT2D eigenvalue weighted by molar-refractivity contribution is -0.123. The van der Waals surface area contributed by atoms with Crippen molar-refractivity contribution in [3.63, 3.8) is 0 Å². The van der Waals surface area contributed by atoms with E-state index in [1.807, 2.05) is 42.5 Å². The van der Waals surface area contributed by atoms with Crippen molar-refractivity contribution in [2.75, 3.05) is 13.7 Å². The van der Waals surface area contributed by atoms with E-state index in [0.29, 0.717) is 22.1 Å². The number of ether oxygens (including phenoxy) is 3. The SMILES string of the molecule is COc1cc(/C=N\NC(=O)COc2cccc3ccccc23)ccc1OC(=O)c1ccccc1Cl. The number of halogens is 1. The van der Waals surface area contributed by atoms with E-state index in [4.69, 9.17) is 25.8 Å². The van der Waals surface area contributed by atoms with Crippen LogP contribution < -0.4 is 19.6 Å². The molecule has 1 N–H and O–H groups in total. The molecule has 176 valence electrons. The van der Waals surface area contributed by atoms with Gasteiger partial charge in [-0.25, -0.2) is 10.2 Å². The van der Waals surface area contributed by atoms with E-state index in [1.54, 1.807) is 42.5 Å². The van der Waals surface area contributed by atoms with Crippen molar-refractivity contribution in [3.8, 4) is 17.2 Å². The lowest BCUT2D eigenvalue weighted by atomic mass is 10.1. The van der Waals surface area contributed by atoms with Gasteiger partial charge in [-0.05, 0) is 47.3 Å². The van der Waals surface area contributed by atoms with Crippen LogP contribution in [-0.2, 0) is 4.79 Å². The highest BCUT2D eigenvalue weighted by Crippen LogP contribution is 2.29. The standard InChI is InChI=1S/C27H21ClN2O5/c1-33-25-15-18(13-14-24(25)35-27(32)21-10-4-5-11-22(21)28)16-29-30-26(31)17-34-23-12-6-8-19-7-2-3-9-20(19)23/h2-16H,17H2,1H3,(H,30,31)/b29-16-. The summed E-state index contributed by atoms with van der Waals surface area (Å²) in [5.41, 5.74) is 3.29. The van der Waals surface area contributed by atoms with Gasteiger partial charge in [0.25, 0.3) is 5.91 Å². The van der Waals surface area contributed by atoms with Crippen LogP contribution in [0.25, 0.3) is 10.8 Å². The van der Waals surface area contributed by atoms with Crippen LogP contribution >= 0.6 is 11.6 Å². The number of nitrogens with zero attached hydrogens (tertiary/aromatic N) is 1. The molecule has 0 radical (unpaired) electrons. The molecule has 35 heavy (non-hydrogen) atoms. The smallest absolute Gasteiger partial charge is 0.345 e. The summed E-state index contributed by atoms with van der Waals surface area (Å²) in [6.07, 6.45) is 1.44. The number of nitrogens with one attached hydrogen (secondary N) is 1. The molecule has 1 amide bonds. The molecular weight excluding hydrogens is 468 g/mol. The first kappa shape index (κ1) is 23.8. The topological polar surface area (TPSA) is 86.2 Å². The van der Waals surface area contributed by atoms with Crippen LogP contribution in [-0.4, -0.2) is 31.8 Å². The Morgan fingerprint density at radius 3 is 2.51 bits per heavy atom. The van der Waals surface area contributed by atoms with E-state index in [9.17, 15) is 9.59 Å². The van der Waals surface area contributed by atoms with E-state index in [2.05, 4.69) is 10.5 Å². The van der Waals surface area contributed by atoms with Crippen molar-refractivity contribution in [1.82, 2.24) is 5.43 Å². The summed E-state index contributed by atoms with van der Waals surface area (Å²) in [6, 6.07) is 24.9. The second-order valence-electron chi connectivity index (χ2n) is 7.34. The van der Waals surface area contributed by atoms with Gasteiger partial charge < -0.3 is 14.2 Å². The number of hydrogen-bond acceptors (Lipinski definition) is 6. The van der Waals surface area contributed by atoms with Crippen LogP contribution in [0.15, 0.2) is 90.0 Å². The molecule has 4 rings (SSSR count). The molecule has 0 spiro atoms. The molecule has 0 atom stereocenters. The van der Waals surface area contributed by atoms with Crippen molar-refractivity contribution in [2.45, 2.75) is 0 Å². The first-order chi connectivity index (χ1) is 17.0. The summed E-state index contributed by atoms with van der Waals surface area (Å²) < 4.78 is 16.4. The predicted molar refractivity (Wildman–Crippen MR) is 135 cm³/mol. The van der Waals surface area contributed by atoms with Crippen LogP contribution in [0.2, 0.25) is 5.02 Å². The minimum atomic E-state index is -0.603. The third-order valence-electron chi connectivity index (χ3n) is 5.00. The minimum Gasteiger partial charge on any atom is -0.493 e. The first-order valence-corrected chi connectivity index (χ1v) is 11.0. The van der Waals surface area contributed by atoms with Crippen LogP contribution in [0.3, 0.4) is 0 Å². The van der Waals surface area contributed by atoms with Crippen molar-refractivity contribution < 1.29 is 23.8 Å². The second-order valence-corrected chi connectivity index (χ2v) is 7.75. The number of amides is 1. The molecule has 0 saturated heterocycles. The van der Waals surface area contributed by atoms with Gasteiger partial charge in [0.1, 0.15) is 5.75 Å². The molecule has 8 heteroatoms. The number of hydrazone groups is 1. The lowest BCUT2D eigenvalue weighted by Crippen LogP contribution is -2.24. The number of carbonyl (C=O) groups is 2. The molecule has 0 unspecified atom stereocenters. The average molecular weight is 489 g/mol. The molecule has 0 aliphatic rings. The molecule has 4 aromatic rings. The number of rotatable bonds is 8. The summed E-state index contributed by atoms with van der Waals surface area (Å²) in [6.45, 7) is -0.189. The molecule has 0 aliphatic carbocycles. The second kappa shape index (κ2) is 11.2. The Bertz CT molecular complexity index is 1400. The molecule has 0 fully saturated rings. The predicted octanol–water partition coefficient (Wildman–Crippen LogP) is 5.25.